The van der Waals surface area contributed by atoms with Crippen LogP contribution in [0.15, 0.2) is 0 Å². The molecule has 4 rings (SSSR count). The number of nitrogens with zero attached hydrogens (tertiary/aromatic N) is 2. The van der Waals surface area contributed by atoms with Crippen molar-refractivity contribution in [1.82, 2.24) is 15.1 Å². The van der Waals surface area contributed by atoms with Gasteiger partial charge in [-0.05, 0) is 42.4 Å². The molecule has 3 saturated carbocycles. The van der Waals surface area contributed by atoms with Crippen LogP contribution in [0.4, 0.5) is 4.79 Å². The summed E-state index contributed by atoms with van der Waals surface area (Å²) in [4.78, 5) is 37.8. The number of fused-ring (bicyclic) bond motifs is 2. The number of likely N-dealkylation sites (N-methyl/N-ethyl adjacent to an activating group) is 1. The Morgan fingerprint density at radius 2 is 2.05 bits per heavy atom. The molecule has 0 radical (unpaired) electrons. The smallest absolute Gasteiger partial charge is 0.327 e. The maximum Gasteiger partial charge on any atom is 0.327 e. The van der Waals surface area contributed by atoms with Gasteiger partial charge in [-0.15, -0.1) is 0 Å². The number of urea groups is 1. The normalized spacial score (nSPS) is 33.0. The van der Waals surface area contributed by atoms with E-state index in [2.05, 4.69) is 19.2 Å². The van der Waals surface area contributed by atoms with Crippen LogP contribution in [0.25, 0.3) is 0 Å². The lowest BCUT2D eigenvalue weighted by molar-refractivity contribution is -0.132. The van der Waals surface area contributed by atoms with Crippen molar-refractivity contribution in [2.45, 2.75) is 33.1 Å². The molecule has 4 amide bonds. The monoisotopic (exact) mass is 307 g/mol. The summed E-state index contributed by atoms with van der Waals surface area (Å²) in [6.45, 7) is 5.22. The summed E-state index contributed by atoms with van der Waals surface area (Å²) in [6, 6.07) is -0.388. The number of imide groups is 1. The molecule has 0 spiro atoms. The fourth-order valence-electron chi connectivity index (χ4n) is 4.48. The highest BCUT2D eigenvalue weighted by molar-refractivity contribution is 6.04. The lowest BCUT2D eigenvalue weighted by Gasteiger charge is -2.60. The fourth-order valence-corrected chi connectivity index (χ4v) is 4.48. The van der Waals surface area contributed by atoms with E-state index in [1.54, 1.807) is 7.05 Å². The Bertz CT molecular complexity index is 515. The quantitative estimate of drug-likeness (QED) is 0.790. The van der Waals surface area contributed by atoms with Gasteiger partial charge in [0.05, 0.1) is 0 Å². The lowest BCUT2D eigenvalue weighted by Crippen LogP contribution is -2.55. The number of hydrogen-bond donors (Lipinski definition) is 1. The zero-order valence-electron chi connectivity index (χ0n) is 13.6. The van der Waals surface area contributed by atoms with E-state index in [1.165, 1.54) is 24.2 Å². The average molecular weight is 307 g/mol. The van der Waals surface area contributed by atoms with E-state index in [0.29, 0.717) is 23.8 Å². The van der Waals surface area contributed by atoms with Gasteiger partial charge in [-0.3, -0.25) is 14.5 Å². The first kappa shape index (κ1) is 15.3. The first-order valence-electron chi connectivity index (χ1n) is 8.13. The van der Waals surface area contributed by atoms with Crippen LogP contribution in [-0.4, -0.2) is 54.3 Å². The molecule has 4 fully saturated rings. The molecule has 1 saturated heterocycles. The van der Waals surface area contributed by atoms with Crippen molar-refractivity contribution in [3.63, 3.8) is 0 Å². The summed E-state index contributed by atoms with van der Waals surface area (Å²) in [7, 11) is 1.56. The molecule has 6 nitrogen and oxygen atoms in total. The Kier molecular flexibility index (Phi) is 3.65. The first-order valence-corrected chi connectivity index (χ1v) is 8.13. The average Bonchev–Trinajstić information content (AvgIpc) is 2.71. The second kappa shape index (κ2) is 5.25. The molecule has 0 aromatic carbocycles. The number of carbonyl (C=O) groups is 3. The summed E-state index contributed by atoms with van der Waals surface area (Å²) in [6.07, 6.45) is 3.70. The van der Waals surface area contributed by atoms with Crippen LogP contribution in [0, 0.1) is 23.2 Å². The van der Waals surface area contributed by atoms with E-state index in [-0.39, 0.29) is 30.9 Å². The number of rotatable bonds is 4. The van der Waals surface area contributed by atoms with Gasteiger partial charge in [0.2, 0.25) is 5.91 Å². The molecule has 3 atom stereocenters. The summed E-state index contributed by atoms with van der Waals surface area (Å²) < 4.78 is 0. The molecular formula is C16H25N3O3. The van der Waals surface area contributed by atoms with Gasteiger partial charge in [0.15, 0.2) is 0 Å². The minimum Gasteiger partial charge on any atom is -0.354 e. The summed E-state index contributed by atoms with van der Waals surface area (Å²) in [5, 5.41) is 2.92. The molecule has 0 aromatic rings. The number of amides is 4. The van der Waals surface area contributed by atoms with Gasteiger partial charge < -0.3 is 10.2 Å². The molecule has 4 aliphatic rings. The molecule has 6 heteroatoms. The van der Waals surface area contributed by atoms with Crippen LogP contribution in [-0.2, 0) is 9.59 Å². The van der Waals surface area contributed by atoms with Gasteiger partial charge in [0.1, 0.15) is 13.1 Å². The molecule has 2 bridgehead atoms. The predicted octanol–water partition coefficient (Wildman–Crippen LogP) is 1.07. The zero-order chi connectivity index (χ0) is 16.1. The van der Waals surface area contributed by atoms with Gasteiger partial charge in [-0.2, -0.15) is 0 Å². The summed E-state index contributed by atoms with van der Waals surface area (Å²) >= 11 is 0. The Balaban J connectivity index is 1.49. The lowest BCUT2D eigenvalue weighted by atomic mass is 9.45. The van der Waals surface area contributed by atoms with Crippen molar-refractivity contribution < 1.29 is 14.4 Å². The third-order valence-corrected chi connectivity index (χ3v) is 6.10. The maximum atomic E-state index is 12.0. The first-order chi connectivity index (χ1) is 10.3. The molecular weight excluding hydrogens is 282 g/mol. The molecule has 0 aromatic heterocycles. The molecule has 1 heterocycles. The highest BCUT2D eigenvalue weighted by atomic mass is 16.2. The van der Waals surface area contributed by atoms with E-state index in [4.69, 9.17) is 0 Å². The van der Waals surface area contributed by atoms with Crippen LogP contribution < -0.4 is 5.32 Å². The number of hydrogen-bond acceptors (Lipinski definition) is 3. The van der Waals surface area contributed by atoms with Gasteiger partial charge in [-0.25, -0.2) is 4.79 Å². The number of carbonyl (C=O) groups excluding carboxylic acids is 3. The van der Waals surface area contributed by atoms with Crippen LogP contribution in [0.1, 0.15) is 33.1 Å². The van der Waals surface area contributed by atoms with E-state index in [0.717, 1.165) is 10.8 Å². The molecule has 122 valence electrons. The summed E-state index contributed by atoms with van der Waals surface area (Å²) in [5.74, 6) is 1.52. The van der Waals surface area contributed by atoms with Crippen molar-refractivity contribution in [3.05, 3.63) is 0 Å². The van der Waals surface area contributed by atoms with Crippen molar-refractivity contribution in [2.75, 3.05) is 26.7 Å². The van der Waals surface area contributed by atoms with E-state index in [9.17, 15) is 14.4 Å². The van der Waals surface area contributed by atoms with Crippen molar-refractivity contribution in [1.29, 1.82) is 0 Å². The Labute approximate surface area is 131 Å². The van der Waals surface area contributed by atoms with Gasteiger partial charge in [-0.1, -0.05) is 13.8 Å². The van der Waals surface area contributed by atoms with Gasteiger partial charge in [0.25, 0.3) is 5.91 Å². The maximum absolute atomic E-state index is 12.0. The third-order valence-electron chi connectivity index (χ3n) is 6.10. The standard InChI is InChI=1S/C16H25N3O3/c1-16(2)11-5-4-10(12(16)6-11)7-17-13(20)8-19-14(21)9-18(3)15(19)22/h10-12H,4-9H2,1-3H3,(H,17,20)/t10-,11-,12-/m1/s1. The topological polar surface area (TPSA) is 69.7 Å². The molecule has 3 aliphatic carbocycles. The van der Waals surface area contributed by atoms with Crippen LogP contribution in [0.5, 0.6) is 0 Å². The van der Waals surface area contributed by atoms with Crippen molar-refractivity contribution in [3.8, 4) is 0 Å². The second-order valence-electron chi connectivity index (χ2n) is 7.62. The number of nitrogens with one attached hydrogen (secondary N) is 1. The molecule has 22 heavy (non-hydrogen) atoms. The SMILES string of the molecule is CN1CC(=O)N(CC(=O)NC[C@H]2CC[C@@H]3C[C@H]2C3(C)C)C1=O. The van der Waals surface area contributed by atoms with E-state index < -0.39 is 0 Å². The van der Waals surface area contributed by atoms with Crippen molar-refractivity contribution in [2.24, 2.45) is 23.2 Å². The van der Waals surface area contributed by atoms with Crippen molar-refractivity contribution >= 4 is 17.8 Å². The second-order valence-corrected chi connectivity index (χ2v) is 7.62. The Morgan fingerprint density at radius 3 is 2.59 bits per heavy atom. The van der Waals surface area contributed by atoms with E-state index >= 15 is 0 Å². The Morgan fingerprint density at radius 1 is 1.32 bits per heavy atom. The highest BCUT2D eigenvalue weighted by Gasteiger charge is 2.53. The summed E-state index contributed by atoms with van der Waals surface area (Å²) in [5.41, 5.74) is 0.400. The highest BCUT2D eigenvalue weighted by Crippen LogP contribution is 2.61. The van der Waals surface area contributed by atoms with Gasteiger partial charge in [0, 0.05) is 13.6 Å². The van der Waals surface area contributed by atoms with Gasteiger partial charge >= 0.3 is 6.03 Å². The minimum absolute atomic E-state index is 0.0619. The third kappa shape index (κ3) is 2.38. The van der Waals surface area contributed by atoms with Crippen LogP contribution in [0.2, 0.25) is 0 Å². The van der Waals surface area contributed by atoms with E-state index in [1.807, 2.05) is 0 Å². The molecule has 0 unspecified atom stereocenters. The fraction of sp³-hybridized carbons (Fsp3) is 0.812. The molecule has 1 aliphatic heterocycles. The molecule has 1 N–H and O–H groups in total. The van der Waals surface area contributed by atoms with Crippen LogP contribution in [0.3, 0.4) is 0 Å². The zero-order valence-corrected chi connectivity index (χ0v) is 13.6. The Hall–Kier alpha value is -1.59. The largest absolute Gasteiger partial charge is 0.354 e. The minimum atomic E-state index is -0.388. The van der Waals surface area contributed by atoms with Crippen LogP contribution >= 0.6 is 0 Å². The predicted molar refractivity (Wildman–Crippen MR) is 80.9 cm³/mol.